The van der Waals surface area contributed by atoms with Crippen molar-refractivity contribution in [3.63, 3.8) is 0 Å². The van der Waals surface area contributed by atoms with Crippen molar-refractivity contribution in [1.29, 1.82) is 0 Å². The van der Waals surface area contributed by atoms with Crippen molar-refractivity contribution >= 4 is 12.4 Å². The molecule has 0 heterocycles. The van der Waals surface area contributed by atoms with E-state index in [9.17, 15) is 14.9 Å². The van der Waals surface area contributed by atoms with Crippen molar-refractivity contribution in [1.82, 2.24) is 4.90 Å². The summed E-state index contributed by atoms with van der Waals surface area (Å²) in [6, 6.07) is 0. The van der Waals surface area contributed by atoms with E-state index in [1.807, 2.05) is 14.0 Å². The van der Waals surface area contributed by atoms with Gasteiger partial charge in [0.05, 0.1) is 4.92 Å². The fourth-order valence-electron chi connectivity index (χ4n) is 2.31. The third kappa shape index (κ3) is 14.2. The van der Waals surface area contributed by atoms with Gasteiger partial charge in [-0.3, -0.25) is 19.7 Å². The van der Waals surface area contributed by atoms with E-state index in [1.54, 1.807) is 11.0 Å². The van der Waals surface area contributed by atoms with E-state index in [4.69, 9.17) is 9.90 Å². The van der Waals surface area contributed by atoms with Gasteiger partial charge in [0.25, 0.3) is 6.47 Å². The summed E-state index contributed by atoms with van der Waals surface area (Å²) in [6.45, 7) is 10.4. The minimum atomic E-state index is -0.405. The van der Waals surface area contributed by atoms with E-state index < -0.39 is 4.92 Å². The van der Waals surface area contributed by atoms with Gasteiger partial charge in [-0.25, -0.2) is 0 Å². The normalized spacial score (nSPS) is 12.1. The molecule has 150 valence electrons. The molecule has 1 amide bonds. The maximum atomic E-state index is 12.2. The third-order valence-electron chi connectivity index (χ3n) is 4.11. The molecule has 0 aromatic heterocycles. The number of hydrogen-bond acceptors (Lipinski definition) is 4. The van der Waals surface area contributed by atoms with E-state index in [0.717, 1.165) is 31.3 Å². The van der Waals surface area contributed by atoms with Gasteiger partial charge < -0.3 is 10.0 Å². The van der Waals surface area contributed by atoms with E-state index >= 15 is 0 Å². The minimum Gasteiger partial charge on any atom is -0.483 e. The van der Waals surface area contributed by atoms with E-state index in [2.05, 4.69) is 20.8 Å². The molecular weight excluding hydrogens is 336 g/mol. The lowest BCUT2D eigenvalue weighted by molar-refractivity contribution is -0.424. The van der Waals surface area contributed by atoms with Gasteiger partial charge in [0, 0.05) is 33.0 Å². The van der Waals surface area contributed by atoms with Crippen molar-refractivity contribution < 1.29 is 19.6 Å². The van der Waals surface area contributed by atoms with Crippen molar-refractivity contribution in [2.45, 2.75) is 66.7 Å². The quantitative estimate of drug-likeness (QED) is 0.268. The summed E-state index contributed by atoms with van der Waals surface area (Å²) in [6.07, 6.45) is 7.73. The van der Waals surface area contributed by atoms with Gasteiger partial charge in [0.15, 0.2) is 0 Å². The number of carboxylic acid groups (broad SMARTS) is 1. The number of carbonyl (C=O) groups is 2. The van der Waals surface area contributed by atoms with Crippen LogP contribution in [0, 0.1) is 15.5 Å². The average molecular weight is 370 g/mol. The van der Waals surface area contributed by atoms with Crippen molar-refractivity contribution in [2.75, 3.05) is 13.6 Å². The molecule has 0 aromatic rings. The van der Waals surface area contributed by atoms with Gasteiger partial charge in [-0.2, -0.15) is 0 Å². The van der Waals surface area contributed by atoms with Crippen LogP contribution in [0.15, 0.2) is 23.4 Å². The van der Waals surface area contributed by atoms with Crippen molar-refractivity contribution in [2.24, 2.45) is 5.41 Å². The summed E-state index contributed by atoms with van der Waals surface area (Å²) in [7, 11) is 1.82. The molecule has 0 spiro atoms. The van der Waals surface area contributed by atoms with Gasteiger partial charge >= 0.3 is 0 Å². The fraction of sp³-hybridized carbons (Fsp3) is 0.684. The highest BCUT2D eigenvalue weighted by Crippen LogP contribution is 2.28. The summed E-state index contributed by atoms with van der Waals surface area (Å²) < 4.78 is 0. The molecule has 0 bridgehead atoms. The molecule has 0 aliphatic carbocycles. The van der Waals surface area contributed by atoms with Gasteiger partial charge in [-0.1, -0.05) is 38.8 Å². The number of rotatable bonds is 10. The van der Waals surface area contributed by atoms with Gasteiger partial charge in [-0.15, -0.1) is 0 Å². The van der Waals surface area contributed by atoms with Gasteiger partial charge in [0.1, 0.15) is 0 Å². The molecule has 0 saturated heterocycles. The smallest absolute Gasteiger partial charge is 0.290 e. The Morgan fingerprint density at radius 1 is 1.19 bits per heavy atom. The Kier molecular flexibility index (Phi) is 14.1. The van der Waals surface area contributed by atoms with Crippen LogP contribution in [0.5, 0.6) is 0 Å². The molecule has 0 radical (unpaired) electrons. The monoisotopic (exact) mass is 370 g/mol. The van der Waals surface area contributed by atoms with Crippen LogP contribution in [0.2, 0.25) is 0 Å². The number of nitrogens with zero attached hydrogens (tertiary/aromatic N) is 2. The first-order valence-corrected chi connectivity index (χ1v) is 8.81. The first kappa shape index (κ1) is 26.1. The standard InChI is InChI=1S/C18H32N2O3.CH2O2/c1-7-12-18(4,5)13-10-17(21)19(6)14-11-15(2)8-9-16(3)20(22)23;2-1-3/h8-9H,7,10-14H2,1-6H3;1H,(H,2,3)/b15-8+,16-9+;. The summed E-state index contributed by atoms with van der Waals surface area (Å²) >= 11 is 0. The molecule has 0 saturated carbocycles. The Bertz CT molecular complexity index is 510. The average Bonchev–Trinajstić information content (AvgIpc) is 2.55. The topological polar surface area (TPSA) is 101 Å². The van der Waals surface area contributed by atoms with Gasteiger partial charge in [0.2, 0.25) is 11.6 Å². The van der Waals surface area contributed by atoms with E-state index in [0.29, 0.717) is 13.0 Å². The lowest BCUT2D eigenvalue weighted by atomic mass is 9.83. The summed E-state index contributed by atoms with van der Waals surface area (Å²) in [5.41, 5.74) is 1.36. The predicted octanol–water partition coefficient (Wildman–Crippen LogP) is 4.27. The van der Waals surface area contributed by atoms with Crippen LogP contribution in [-0.4, -0.2) is 40.9 Å². The second-order valence-corrected chi connectivity index (χ2v) is 7.16. The van der Waals surface area contributed by atoms with Crippen LogP contribution in [0.25, 0.3) is 0 Å². The molecule has 26 heavy (non-hydrogen) atoms. The molecule has 0 fully saturated rings. The van der Waals surface area contributed by atoms with Gasteiger partial charge in [-0.05, 0) is 31.6 Å². The fourth-order valence-corrected chi connectivity index (χ4v) is 2.31. The maximum absolute atomic E-state index is 12.2. The van der Waals surface area contributed by atoms with Crippen LogP contribution in [0.3, 0.4) is 0 Å². The van der Waals surface area contributed by atoms with Crippen molar-refractivity contribution in [3.8, 4) is 0 Å². The van der Waals surface area contributed by atoms with Crippen molar-refractivity contribution in [3.05, 3.63) is 33.5 Å². The molecule has 0 aromatic carbocycles. The summed E-state index contributed by atoms with van der Waals surface area (Å²) in [4.78, 5) is 32.4. The molecule has 0 unspecified atom stereocenters. The number of amides is 1. The highest BCUT2D eigenvalue weighted by molar-refractivity contribution is 5.75. The highest BCUT2D eigenvalue weighted by Gasteiger charge is 2.19. The lowest BCUT2D eigenvalue weighted by Crippen LogP contribution is -2.29. The van der Waals surface area contributed by atoms with E-state index in [-0.39, 0.29) is 23.5 Å². The third-order valence-corrected chi connectivity index (χ3v) is 4.11. The Morgan fingerprint density at radius 2 is 1.73 bits per heavy atom. The van der Waals surface area contributed by atoms with Crippen LogP contribution >= 0.6 is 0 Å². The second kappa shape index (κ2) is 14.0. The molecule has 0 aliphatic heterocycles. The van der Waals surface area contributed by atoms with Crippen LogP contribution in [0.4, 0.5) is 0 Å². The number of hydrogen-bond donors (Lipinski definition) is 1. The zero-order valence-corrected chi connectivity index (χ0v) is 16.9. The number of allylic oxidation sites excluding steroid dienone is 3. The molecule has 7 heteroatoms. The summed E-state index contributed by atoms with van der Waals surface area (Å²) in [5.74, 6) is 0.166. The lowest BCUT2D eigenvalue weighted by Gasteiger charge is -2.25. The molecule has 0 aliphatic rings. The largest absolute Gasteiger partial charge is 0.483 e. The predicted molar refractivity (Wildman–Crippen MR) is 103 cm³/mol. The first-order chi connectivity index (χ1) is 12.0. The minimum absolute atomic E-state index is 0.118. The summed E-state index contributed by atoms with van der Waals surface area (Å²) in [5, 5.41) is 17.4. The zero-order chi connectivity index (χ0) is 20.8. The molecular formula is C19H34N2O5. The number of nitro groups is 1. The number of carbonyl (C=O) groups excluding carboxylic acids is 1. The van der Waals surface area contributed by atoms with Crippen LogP contribution in [0.1, 0.15) is 66.7 Å². The van der Waals surface area contributed by atoms with Crippen LogP contribution < -0.4 is 0 Å². The molecule has 0 rings (SSSR count). The Labute approximate surface area is 156 Å². The maximum Gasteiger partial charge on any atom is 0.290 e. The molecule has 0 atom stereocenters. The first-order valence-electron chi connectivity index (χ1n) is 8.81. The van der Waals surface area contributed by atoms with Crippen LogP contribution in [-0.2, 0) is 9.59 Å². The van der Waals surface area contributed by atoms with E-state index in [1.165, 1.54) is 13.0 Å². The molecule has 1 N–H and O–H groups in total. The molecule has 7 nitrogen and oxygen atoms in total. The Balaban J connectivity index is 0. The highest BCUT2D eigenvalue weighted by atomic mass is 16.6. The zero-order valence-electron chi connectivity index (χ0n) is 16.9. The second-order valence-electron chi connectivity index (χ2n) is 7.16. The Hall–Kier alpha value is -2.18. The Morgan fingerprint density at radius 3 is 2.19 bits per heavy atom. The SMILES string of the molecule is CCCC(C)(C)CCC(=O)N(C)CC/C(C)=C/C=C(\C)[N+](=O)[O-].O=CO.